The summed E-state index contributed by atoms with van der Waals surface area (Å²) in [6.07, 6.45) is 2.20. The first kappa shape index (κ1) is 7.40. The van der Waals surface area contributed by atoms with Gasteiger partial charge in [0.25, 0.3) is 0 Å². The minimum Gasteiger partial charge on any atom is -0.399 e. The zero-order chi connectivity index (χ0) is 8.27. The molecule has 1 aromatic heterocycles. The lowest BCUT2D eigenvalue weighted by atomic mass is 10.3. The predicted molar refractivity (Wildman–Crippen MR) is 44.4 cm³/mol. The van der Waals surface area contributed by atoms with Crippen molar-refractivity contribution >= 4 is 18.1 Å². The second-order valence-corrected chi connectivity index (χ2v) is 2.04. The Balaban J connectivity index is 3.21. The van der Waals surface area contributed by atoms with Crippen molar-refractivity contribution in [2.75, 3.05) is 5.73 Å². The summed E-state index contributed by atoms with van der Waals surface area (Å²) < 4.78 is 0. The maximum Gasteiger partial charge on any atom is 0.0833 e. The number of pyridine rings is 1. The van der Waals surface area contributed by atoms with Crippen LogP contribution < -0.4 is 5.73 Å². The molecule has 0 aliphatic heterocycles. The lowest BCUT2D eigenvalue weighted by Gasteiger charge is -1.96. The maximum absolute atomic E-state index is 6.89. The molecule has 4 heteroatoms. The smallest absolute Gasteiger partial charge is 0.0833 e. The number of hydrogen-bond acceptors (Lipinski definition) is 4. The van der Waals surface area contributed by atoms with Gasteiger partial charge in [-0.3, -0.25) is 0 Å². The Hall–Kier alpha value is -1.71. The van der Waals surface area contributed by atoms with E-state index in [1.54, 1.807) is 12.1 Å². The second-order valence-electron chi connectivity index (χ2n) is 2.04. The van der Waals surface area contributed by atoms with Crippen LogP contribution in [0.4, 0.5) is 5.69 Å². The molecule has 0 saturated carbocycles. The lowest BCUT2D eigenvalue weighted by Crippen LogP contribution is -1.96. The summed E-state index contributed by atoms with van der Waals surface area (Å²) in [7, 11) is 0. The number of hydrogen-bond donors (Lipinski definition) is 3. The molecule has 0 aliphatic rings. The van der Waals surface area contributed by atoms with E-state index in [1.807, 2.05) is 0 Å². The van der Waals surface area contributed by atoms with E-state index in [-0.39, 0.29) is 0 Å². The Morgan fingerprint density at radius 1 is 1.18 bits per heavy atom. The average Bonchev–Trinajstić information content (AvgIpc) is 2.03. The van der Waals surface area contributed by atoms with Crippen molar-refractivity contribution in [1.82, 2.24) is 4.98 Å². The fourth-order valence-electron chi connectivity index (χ4n) is 0.745. The number of nitrogens with zero attached hydrogens (tertiary/aromatic N) is 1. The molecule has 0 aromatic carbocycles. The molecular weight excluding hydrogens is 140 g/mol. The van der Waals surface area contributed by atoms with Crippen molar-refractivity contribution < 1.29 is 0 Å². The number of nitrogens with two attached hydrogens (primary N) is 1. The van der Waals surface area contributed by atoms with Crippen LogP contribution in [-0.4, -0.2) is 17.4 Å². The van der Waals surface area contributed by atoms with Gasteiger partial charge < -0.3 is 16.6 Å². The fourth-order valence-corrected chi connectivity index (χ4v) is 0.745. The molecule has 1 rings (SSSR count). The largest absolute Gasteiger partial charge is 0.399 e. The third-order valence-corrected chi connectivity index (χ3v) is 1.18. The van der Waals surface area contributed by atoms with E-state index < -0.39 is 0 Å². The molecule has 11 heavy (non-hydrogen) atoms. The fraction of sp³-hybridized carbons (Fsp3) is 0. The van der Waals surface area contributed by atoms with Gasteiger partial charge in [-0.15, -0.1) is 0 Å². The lowest BCUT2D eigenvalue weighted by molar-refractivity contribution is 1.27. The van der Waals surface area contributed by atoms with Crippen molar-refractivity contribution in [2.45, 2.75) is 0 Å². The minimum absolute atomic E-state index is 0.475. The Morgan fingerprint density at radius 2 is 1.64 bits per heavy atom. The number of rotatable bonds is 2. The second kappa shape index (κ2) is 2.92. The summed E-state index contributed by atoms with van der Waals surface area (Å²) in [6.45, 7) is 0. The van der Waals surface area contributed by atoms with E-state index in [0.717, 1.165) is 12.4 Å². The van der Waals surface area contributed by atoms with Gasteiger partial charge in [-0.2, -0.15) is 0 Å². The number of nitrogen functional groups attached to an aromatic ring is 1. The monoisotopic (exact) mass is 148 g/mol. The van der Waals surface area contributed by atoms with E-state index in [1.165, 1.54) is 0 Å². The molecule has 4 N–H and O–H groups in total. The molecule has 0 aliphatic carbocycles. The highest BCUT2D eigenvalue weighted by Crippen LogP contribution is 2.03. The van der Waals surface area contributed by atoms with E-state index >= 15 is 0 Å². The summed E-state index contributed by atoms with van der Waals surface area (Å²) in [5.41, 5.74) is 6.94. The summed E-state index contributed by atoms with van der Waals surface area (Å²) in [5.74, 6) is 0. The third-order valence-electron chi connectivity index (χ3n) is 1.18. The third kappa shape index (κ3) is 1.61. The van der Waals surface area contributed by atoms with Gasteiger partial charge in [0.15, 0.2) is 0 Å². The molecule has 4 nitrogen and oxygen atoms in total. The molecule has 0 radical (unpaired) electrons. The van der Waals surface area contributed by atoms with Gasteiger partial charge in [-0.05, 0) is 12.1 Å². The van der Waals surface area contributed by atoms with Crippen molar-refractivity contribution in [3.05, 3.63) is 23.5 Å². The van der Waals surface area contributed by atoms with Gasteiger partial charge in [0, 0.05) is 18.1 Å². The predicted octanol–water partition coefficient (Wildman–Crippen LogP) is 0.659. The normalized spacial score (nSPS) is 9.09. The molecule has 0 fully saturated rings. The first-order valence-corrected chi connectivity index (χ1v) is 3.05. The number of nitrogens with one attached hydrogen (secondary N) is 2. The molecule has 0 amide bonds. The molecule has 0 saturated heterocycles. The van der Waals surface area contributed by atoms with Gasteiger partial charge in [0.1, 0.15) is 0 Å². The van der Waals surface area contributed by atoms with Crippen LogP contribution in [0.1, 0.15) is 11.4 Å². The molecule has 0 bridgehead atoms. The summed E-state index contributed by atoms with van der Waals surface area (Å²) >= 11 is 0. The van der Waals surface area contributed by atoms with E-state index in [2.05, 4.69) is 4.98 Å². The standard InChI is InChI=1S/C7H8N4/c8-3-6-1-5(10)2-7(4-9)11-6/h1-4,8-9H,(H2,10,11). The van der Waals surface area contributed by atoms with Crippen molar-refractivity contribution in [1.29, 1.82) is 10.8 Å². The zero-order valence-electron chi connectivity index (χ0n) is 5.83. The molecule has 0 unspecified atom stereocenters. The van der Waals surface area contributed by atoms with E-state index in [0.29, 0.717) is 17.1 Å². The summed E-state index contributed by atoms with van der Waals surface area (Å²) in [5, 5.41) is 13.8. The van der Waals surface area contributed by atoms with Crippen LogP contribution in [0.2, 0.25) is 0 Å². The average molecular weight is 148 g/mol. The quantitative estimate of drug-likeness (QED) is 0.538. The molecule has 56 valence electrons. The van der Waals surface area contributed by atoms with Crippen LogP contribution in [0.3, 0.4) is 0 Å². The van der Waals surface area contributed by atoms with Crippen LogP contribution in [0.15, 0.2) is 12.1 Å². The summed E-state index contributed by atoms with van der Waals surface area (Å²) in [4.78, 5) is 3.90. The Bertz CT molecular complexity index is 266. The Morgan fingerprint density at radius 3 is 2.00 bits per heavy atom. The van der Waals surface area contributed by atoms with E-state index in [9.17, 15) is 0 Å². The van der Waals surface area contributed by atoms with Gasteiger partial charge in [-0.25, -0.2) is 4.98 Å². The van der Waals surface area contributed by atoms with Gasteiger partial charge in [0.2, 0.25) is 0 Å². The minimum atomic E-state index is 0.475. The topological polar surface area (TPSA) is 86.6 Å². The highest BCUT2D eigenvalue weighted by Gasteiger charge is 1.94. The van der Waals surface area contributed by atoms with Crippen molar-refractivity contribution in [3.63, 3.8) is 0 Å². The van der Waals surface area contributed by atoms with Gasteiger partial charge >= 0.3 is 0 Å². The molecule has 0 atom stereocenters. The van der Waals surface area contributed by atoms with Crippen molar-refractivity contribution in [3.8, 4) is 0 Å². The van der Waals surface area contributed by atoms with Crippen LogP contribution in [0.5, 0.6) is 0 Å². The Kier molecular flexibility index (Phi) is 1.96. The molecule has 1 heterocycles. The molecular formula is C7H8N4. The van der Waals surface area contributed by atoms with Gasteiger partial charge in [-0.1, -0.05) is 0 Å². The van der Waals surface area contributed by atoms with E-state index in [4.69, 9.17) is 16.6 Å². The Labute approximate surface area is 64.1 Å². The van der Waals surface area contributed by atoms with Crippen LogP contribution in [0.25, 0.3) is 0 Å². The molecule has 0 spiro atoms. The van der Waals surface area contributed by atoms with Crippen LogP contribution in [-0.2, 0) is 0 Å². The van der Waals surface area contributed by atoms with Crippen molar-refractivity contribution in [2.24, 2.45) is 0 Å². The molecule has 1 aromatic rings. The zero-order valence-corrected chi connectivity index (χ0v) is 5.83. The first-order valence-electron chi connectivity index (χ1n) is 3.05. The summed E-state index contributed by atoms with van der Waals surface area (Å²) in [6, 6.07) is 3.17. The van der Waals surface area contributed by atoms with Crippen LogP contribution in [0, 0.1) is 10.8 Å². The highest BCUT2D eigenvalue weighted by molar-refractivity contribution is 5.81. The SMILES string of the molecule is N=Cc1cc(N)cc(C=N)n1. The maximum atomic E-state index is 6.89. The first-order chi connectivity index (χ1) is 5.26. The van der Waals surface area contributed by atoms with Crippen LogP contribution >= 0.6 is 0 Å². The number of aromatic nitrogens is 1. The number of anilines is 1. The van der Waals surface area contributed by atoms with Gasteiger partial charge in [0.05, 0.1) is 11.4 Å². The highest BCUT2D eigenvalue weighted by atomic mass is 14.7.